The molecule has 28 heavy (non-hydrogen) atoms. The predicted octanol–water partition coefficient (Wildman–Crippen LogP) is 2.46. The number of carbonyl (C=O) groups excluding carboxylic acids is 2. The number of hydrogen-bond acceptors (Lipinski definition) is 7. The molecule has 4 rings (SSSR count). The van der Waals surface area contributed by atoms with Crippen LogP contribution in [0.1, 0.15) is 21.0 Å². The molecule has 8 heteroatoms. The molecule has 1 aliphatic rings. The Labute approximate surface area is 160 Å². The van der Waals surface area contributed by atoms with Gasteiger partial charge < -0.3 is 18.8 Å². The summed E-state index contributed by atoms with van der Waals surface area (Å²) in [6.07, 6.45) is 0.563. The maximum absolute atomic E-state index is 12.5. The molecule has 0 spiro atoms. The predicted molar refractivity (Wildman–Crippen MR) is 98.4 cm³/mol. The Kier molecular flexibility index (Phi) is 4.76. The molecular weight excluding hydrogens is 362 g/mol. The number of hydrogen-bond donors (Lipinski definition) is 0. The molecule has 0 atom stereocenters. The largest absolute Gasteiger partial charge is 0.496 e. The number of nitrogens with zero attached hydrogens (tertiary/aromatic N) is 3. The van der Waals surface area contributed by atoms with Crippen LogP contribution in [0.5, 0.6) is 11.5 Å². The summed E-state index contributed by atoms with van der Waals surface area (Å²) in [6, 6.07) is 14.2. The Morgan fingerprint density at radius 1 is 1.18 bits per heavy atom. The number of benzene rings is 2. The van der Waals surface area contributed by atoms with Gasteiger partial charge in [0.15, 0.2) is 6.29 Å². The van der Waals surface area contributed by atoms with Crippen molar-refractivity contribution in [1.29, 1.82) is 0 Å². The molecule has 2 heterocycles. The van der Waals surface area contributed by atoms with E-state index in [-0.39, 0.29) is 17.9 Å². The molecule has 1 amide bonds. The maximum Gasteiger partial charge on any atom is 0.311 e. The van der Waals surface area contributed by atoms with Crippen LogP contribution in [0.15, 0.2) is 52.9 Å². The van der Waals surface area contributed by atoms with Gasteiger partial charge in [0.25, 0.3) is 0 Å². The molecule has 1 fully saturated rings. The Morgan fingerprint density at radius 3 is 2.68 bits per heavy atom. The van der Waals surface area contributed by atoms with Crippen molar-refractivity contribution in [3.63, 3.8) is 0 Å². The second kappa shape index (κ2) is 7.51. The minimum atomic E-state index is -0.330. The minimum Gasteiger partial charge on any atom is -0.496 e. The molecule has 8 nitrogen and oxygen atoms in total. The topological polar surface area (TPSA) is 94.8 Å². The first-order valence-corrected chi connectivity index (χ1v) is 8.66. The number of aldehydes is 1. The fourth-order valence-electron chi connectivity index (χ4n) is 2.88. The third-order valence-corrected chi connectivity index (χ3v) is 4.40. The first-order chi connectivity index (χ1) is 13.7. The van der Waals surface area contributed by atoms with Gasteiger partial charge in [0.05, 0.1) is 25.8 Å². The van der Waals surface area contributed by atoms with E-state index >= 15 is 0 Å². The number of aromatic nitrogens is 2. The van der Waals surface area contributed by atoms with Crippen LogP contribution in [0.4, 0.5) is 0 Å². The Bertz CT molecular complexity index is 996. The van der Waals surface area contributed by atoms with Gasteiger partial charge in [-0.1, -0.05) is 18.2 Å². The summed E-state index contributed by atoms with van der Waals surface area (Å²) >= 11 is 0. The summed E-state index contributed by atoms with van der Waals surface area (Å²) in [5.74, 6) is 0.945. The molecule has 0 N–H and O–H groups in total. The SMILES string of the molecule is COc1cc(OC2CN(C(=O)c3nnc(-c4ccccc4)o3)C2)ccc1C=O. The molecule has 0 saturated carbocycles. The normalized spacial score (nSPS) is 13.7. The van der Waals surface area contributed by atoms with Crippen molar-refractivity contribution in [3.05, 3.63) is 60.0 Å². The van der Waals surface area contributed by atoms with Crippen LogP contribution in [0, 0.1) is 0 Å². The fraction of sp³-hybridized carbons (Fsp3) is 0.200. The van der Waals surface area contributed by atoms with Crippen molar-refractivity contribution in [2.24, 2.45) is 0 Å². The van der Waals surface area contributed by atoms with Gasteiger partial charge >= 0.3 is 11.8 Å². The number of carbonyl (C=O) groups is 2. The van der Waals surface area contributed by atoms with Crippen molar-refractivity contribution in [3.8, 4) is 23.0 Å². The number of ether oxygens (including phenoxy) is 2. The van der Waals surface area contributed by atoms with Crippen molar-refractivity contribution in [2.45, 2.75) is 6.10 Å². The number of likely N-dealkylation sites (tertiary alicyclic amines) is 1. The molecule has 0 aliphatic carbocycles. The zero-order chi connectivity index (χ0) is 19.5. The van der Waals surface area contributed by atoms with E-state index in [9.17, 15) is 9.59 Å². The Hall–Kier alpha value is -3.68. The summed E-state index contributed by atoms with van der Waals surface area (Å²) in [7, 11) is 1.49. The summed E-state index contributed by atoms with van der Waals surface area (Å²) < 4.78 is 16.5. The monoisotopic (exact) mass is 379 g/mol. The van der Waals surface area contributed by atoms with E-state index in [0.29, 0.717) is 36.0 Å². The van der Waals surface area contributed by atoms with Crippen molar-refractivity contribution in [2.75, 3.05) is 20.2 Å². The van der Waals surface area contributed by atoms with E-state index < -0.39 is 0 Å². The van der Waals surface area contributed by atoms with Crippen LogP contribution in [0.2, 0.25) is 0 Å². The third-order valence-electron chi connectivity index (χ3n) is 4.40. The smallest absolute Gasteiger partial charge is 0.311 e. The van der Waals surface area contributed by atoms with Gasteiger partial charge in [-0.05, 0) is 24.3 Å². The summed E-state index contributed by atoms with van der Waals surface area (Å²) in [4.78, 5) is 25.0. The van der Waals surface area contributed by atoms with Crippen LogP contribution in [0.25, 0.3) is 11.5 Å². The number of rotatable bonds is 6. The average Bonchev–Trinajstić information content (AvgIpc) is 3.20. The Balaban J connectivity index is 1.36. The lowest BCUT2D eigenvalue weighted by Crippen LogP contribution is -2.56. The van der Waals surface area contributed by atoms with E-state index in [1.54, 1.807) is 23.1 Å². The van der Waals surface area contributed by atoms with Crippen LogP contribution in [-0.4, -0.2) is 53.6 Å². The molecule has 0 unspecified atom stereocenters. The average molecular weight is 379 g/mol. The highest BCUT2D eigenvalue weighted by atomic mass is 16.5. The number of amides is 1. The summed E-state index contributed by atoms with van der Waals surface area (Å²) in [5.41, 5.74) is 1.21. The zero-order valence-corrected chi connectivity index (χ0v) is 15.1. The molecular formula is C20H17N3O5. The standard InChI is InChI=1S/C20H17N3O5/c1-26-17-9-15(8-7-14(17)12-24)27-16-10-23(11-16)20(25)19-22-21-18(28-19)13-5-3-2-4-6-13/h2-9,12,16H,10-11H2,1H3. The van der Waals surface area contributed by atoms with E-state index in [2.05, 4.69) is 10.2 Å². The third kappa shape index (κ3) is 3.44. The highest BCUT2D eigenvalue weighted by molar-refractivity contribution is 5.90. The lowest BCUT2D eigenvalue weighted by molar-refractivity contribution is 0.0149. The minimum absolute atomic E-state index is 0.0469. The van der Waals surface area contributed by atoms with E-state index in [1.807, 2.05) is 30.3 Å². The lowest BCUT2D eigenvalue weighted by Gasteiger charge is -2.38. The van der Waals surface area contributed by atoms with Gasteiger partial charge in [0.2, 0.25) is 5.89 Å². The lowest BCUT2D eigenvalue weighted by atomic mass is 10.1. The summed E-state index contributed by atoms with van der Waals surface area (Å²) in [6.45, 7) is 0.805. The number of methoxy groups -OCH3 is 1. The van der Waals surface area contributed by atoms with Gasteiger partial charge in [-0.3, -0.25) is 9.59 Å². The maximum atomic E-state index is 12.5. The van der Waals surface area contributed by atoms with Gasteiger partial charge in [0.1, 0.15) is 17.6 Å². The van der Waals surface area contributed by atoms with Gasteiger partial charge in [-0.15, -0.1) is 10.2 Å². The molecule has 1 saturated heterocycles. The zero-order valence-electron chi connectivity index (χ0n) is 15.1. The van der Waals surface area contributed by atoms with Gasteiger partial charge in [-0.2, -0.15) is 0 Å². The highest BCUT2D eigenvalue weighted by Gasteiger charge is 2.35. The van der Waals surface area contributed by atoms with E-state index in [1.165, 1.54) is 7.11 Å². The van der Waals surface area contributed by atoms with Crippen molar-refractivity contribution >= 4 is 12.2 Å². The van der Waals surface area contributed by atoms with E-state index in [0.717, 1.165) is 11.8 Å². The first-order valence-electron chi connectivity index (χ1n) is 8.66. The first kappa shape index (κ1) is 17.7. The molecule has 1 aliphatic heterocycles. The molecule has 2 aromatic carbocycles. The van der Waals surface area contributed by atoms with Crippen molar-refractivity contribution in [1.82, 2.24) is 15.1 Å². The fourth-order valence-corrected chi connectivity index (χ4v) is 2.88. The molecule has 0 bridgehead atoms. The van der Waals surface area contributed by atoms with Gasteiger partial charge in [-0.25, -0.2) is 0 Å². The Morgan fingerprint density at radius 2 is 1.96 bits per heavy atom. The van der Waals surface area contributed by atoms with Crippen molar-refractivity contribution < 1.29 is 23.5 Å². The summed E-state index contributed by atoms with van der Waals surface area (Å²) in [5, 5.41) is 7.78. The molecule has 142 valence electrons. The molecule has 1 aromatic heterocycles. The quantitative estimate of drug-likeness (QED) is 0.607. The van der Waals surface area contributed by atoms with E-state index in [4.69, 9.17) is 13.9 Å². The van der Waals surface area contributed by atoms with Crippen LogP contribution in [0.3, 0.4) is 0 Å². The van der Waals surface area contributed by atoms with Crippen LogP contribution >= 0.6 is 0 Å². The van der Waals surface area contributed by atoms with Crippen LogP contribution in [-0.2, 0) is 0 Å². The highest BCUT2D eigenvalue weighted by Crippen LogP contribution is 2.26. The second-order valence-electron chi connectivity index (χ2n) is 6.25. The molecule has 3 aromatic rings. The second-order valence-corrected chi connectivity index (χ2v) is 6.25. The van der Waals surface area contributed by atoms with Crippen LogP contribution < -0.4 is 9.47 Å². The molecule has 0 radical (unpaired) electrons. The van der Waals surface area contributed by atoms with Gasteiger partial charge in [0, 0.05) is 11.6 Å².